The molecule has 3 rings (SSSR count). The highest BCUT2D eigenvalue weighted by Crippen LogP contribution is 2.40. The van der Waals surface area contributed by atoms with Crippen molar-refractivity contribution in [2.75, 3.05) is 42.9 Å². The van der Waals surface area contributed by atoms with Gasteiger partial charge in [0, 0.05) is 17.8 Å². The van der Waals surface area contributed by atoms with Crippen LogP contribution < -0.4 is 29.6 Å². The largest absolute Gasteiger partial charge is 0.493 e. The van der Waals surface area contributed by atoms with Gasteiger partial charge in [0.25, 0.3) is 0 Å². The second-order valence-corrected chi connectivity index (χ2v) is 8.22. The number of anilines is 5. The molecule has 1 heterocycles. The Kier molecular flexibility index (Phi) is 6.83. The molecule has 0 unspecified atom stereocenters. The van der Waals surface area contributed by atoms with Crippen molar-refractivity contribution in [1.82, 2.24) is 9.97 Å². The fourth-order valence-corrected chi connectivity index (χ4v) is 3.38. The molecule has 0 saturated carbocycles. The lowest BCUT2D eigenvalue weighted by molar-refractivity contribution is 0.324. The minimum absolute atomic E-state index is 0.0803. The van der Waals surface area contributed by atoms with Crippen LogP contribution in [0, 0.1) is 5.82 Å². The predicted molar refractivity (Wildman–Crippen MR) is 120 cm³/mol. The standard InChI is InChI=1S/C20H22FN5O5S/c1-29-16-9-12(10-17(30-2)18(16)31-3)23-20-22-11-13(21)19(25-20)24-14-7-5-6-8-15(14)26-32(4,27)28/h5-11,26H,1-4H3,(H2,22,23,24,25). The molecule has 0 fully saturated rings. The van der Waals surface area contributed by atoms with Gasteiger partial charge in [-0.05, 0) is 12.1 Å². The second kappa shape index (κ2) is 9.56. The number of hydrogen-bond acceptors (Lipinski definition) is 9. The van der Waals surface area contributed by atoms with Crippen LogP contribution in [0.3, 0.4) is 0 Å². The van der Waals surface area contributed by atoms with Gasteiger partial charge < -0.3 is 24.8 Å². The van der Waals surface area contributed by atoms with Gasteiger partial charge in [0.15, 0.2) is 23.1 Å². The number of ether oxygens (including phenoxy) is 3. The average Bonchev–Trinajstić information content (AvgIpc) is 2.75. The fourth-order valence-electron chi connectivity index (χ4n) is 2.81. The smallest absolute Gasteiger partial charge is 0.229 e. The zero-order valence-electron chi connectivity index (χ0n) is 17.8. The maximum Gasteiger partial charge on any atom is 0.229 e. The second-order valence-electron chi connectivity index (χ2n) is 6.47. The summed E-state index contributed by atoms with van der Waals surface area (Å²) in [6, 6.07) is 9.73. The summed E-state index contributed by atoms with van der Waals surface area (Å²) in [6.07, 6.45) is 2.01. The van der Waals surface area contributed by atoms with Crippen LogP contribution in [0.1, 0.15) is 0 Å². The Morgan fingerprint density at radius 3 is 2.12 bits per heavy atom. The van der Waals surface area contributed by atoms with Crippen molar-refractivity contribution in [2.24, 2.45) is 0 Å². The van der Waals surface area contributed by atoms with Crippen molar-refractivity contribution in [3.63, 3.8) is 0 Å². The van der Waals surface area contributed by atoms with E-state index in [0.29, 0.717) is 28.6 Å². The van der Waals surface area contributed by atoms with E-state index in [-0.39, 0.29) is 17.5 Å². The molecule has 10 nitrogen and oxygen atoms in total. The number of nitrogens with zero attached hydrogens (tertiary/aromatic N) is 2. The van der Waals surface area contributed by atoms with E-state index in [2.05, 4.69) is 25.3 Å². The summed E-state index contributed by atoms with van der Waals surface area (Å²) in [5, 5.41) is 5.75. The summed E-state index contributed by atoms with van der Waals surface area (Å²) < 4.78 is 55.9. The number of aromatic nitrogens is 2. The molecule has 3 aromatic rings. The Hall–Kier alpha value is -3.80. The summed E-state index contributed by atoms with van der Waals surface area (Å²) in [5.41, 5.74) is 1.07. The zero-order valence-corrected chi connectivity index (χ0v) is 18.6. The van der Waals surface area contributed by atoms with Gasteiger partial charge in [-0.15, -0.1) is 0 Å². The molecule has 170 valence electrons. The van der Waals surface area contributed by atoms with E-state index in [1.165, 1.54) is 27.4 Å². The van der Waals surface area contributed by atoms with E-state index in [1.807, 2.05) is 0 Å². The molecule has 3 N–H and O–H groups in total. The highest BCUT2D eigenvalue weighted by atomic mass is 32.2. The molecule has 0 spiro atoms. The molecule has 0 aliphatic carbocycles. The summed E-state index contributed by atoms with van der Waals surface area (Å²) in [6.45, 7) is 0. The third-order valence-corrected chi connectivity index (χ3v) is 4.73. The quantitative estimate of drug-likeness (QED) is 0.437. The number of nitrogens with one attached hydrogen (secondary N) is 3. The van der Waals surface area contributed by atoms with E-state index in [0.717, 1.165) is 12.5 Å². The fraction of sp³-hybridized carbons (Fsp3) is 0.200. The van der Waals surface area contributed by atoms with Crippen molar-refractivity contribution >= 4 is 38.9 Å². The monoisotopic (exact) mass is 463 g/mol. The van der Waals surface area contributed by atoms with E-state index in [4.69, 9.17) is 14.2 Å². The Bertz CT molecular complexity index is 1200. The van der Waals surface area contributed by atoms with E-state index < -0.39 is 15.8 Å². The molecule has 2 aromatic carbocycles. The Morgan fingerprint density at radius 1 is 0.938 bits per heavy atom. The lowest BCUT2D eigenvalue weighted by Crippen LogP contribution is -2.11. The highest BCUT2D eigenvalue weighted by Gasteiger charge is 2.15. The van der Waals surface area contributed by atoms with Gasteiger partial charge in [0.05, 0.1) is 45.2 Å². The first-order chi connectivity index (χ1) is 15.2. The van der Waals surface area contributed by atoms with Crippen LogP contribution in [0.5, 0.6) is 17.2 Å². The van der Waals surface area contributed by atoms with E-state index >= 15 is 0 Å². The van der Waals surface area contributed by atoms with Crippen LogP contribution in [-0.4, -0.2) is 46.0 Å². The number of para-hydroxylation sites is 2. The molecule has 32 heavy (non-hydrogen) atoms. The average molecular weight is 463 g/mol. The first-order valence-corrected chi connectivity index (χ1v) is 11.1. The molecule has 0 amide bonds. The summed E-state index contributed by atoms with van der Waals surface area (Å²) in [7, 11) is 0.929. The topological polar surface area (TPSA) is 124 Å². The van der Waals surface area contributed by atoms with Crippen molar-refractivity contribution in [3.8, 4) is 17.2 Å². The summed E-state index contributed by atoms with van der Waals surface area (Å²) in [5.74, 6) is 0.438. The van der Waals surface area contributed by atoms with Gasteiger partial charge in [0.1, 0.15) is 0 Å². The summed E-state index contributed by atoms with van der Waals surface area (Å²) >= 11 is 0. The van der Waals surface area contributed by atoms with Gasteiger partial charge >= 0.3 is 0 Å². The minimum atomic E-state index is -3.53. The minimum Gasteiger partial charge on any atom is -0.493 e. The van der Waals surface area contributed by atoms with Crippen molar-refractivity contribution in [3.05, 3.63) is 48.4 Å². The van der Waals surface area contributed by atoms with Gasteiger partial charge in [-0.1, -0.05) is 12.1 Å². The molecular formula is C20H22FN5O5S. The summed E-state index contributed by atoms with van der Waals surface area (Å²) in [4.78, 5) is 8.11. The lowest BCUT2D eigenvalue weighted by atomic mass is 10.2. The van der Waals surface area contributed by atoms with E-state index in [9.17, 15) is 12.8 Å². The number of rotatable bonds is 9. The molecular weight excluding hydrogens is 441 g/mol. The number of benzene rings is 2. The normalized spacial score (nSPS) is 10.9. The molecule has 0 aliphatic rings. The first kappa shape index (κ1) is 22.9. The zero-order chi connectivity index (χ0) is 23.3. The SMILES string of the molecule is COc1cc(Nc2ncc(F)c(Nc3ccccc3NS(C)(=O)=O)n2)cc(OC)c1OC. The van der Waals surface area contributed by atoms with Crippen LogP contribution in [-0.2, 0) is 10.0 Å². The van der Waals surface area contributed by atoms with Crippen molar-refractivity contribution < 1.29 is 27.0 Å². The van der Waals surface area contributed by atoms with Crippen molar-refractivity contribution in [2.45, 2.75) is 0 Å². The van der Waals surface area contributed by atoms with Crippen molar-refractivity contribution in [1.29, 1.82) is 0 Å². The molecule has 0 aliphatic heterocycles. The van der Waals surface area contributed by atoms with Crippen LogP contribution in [0.4, 0.5) is 33.2 Å². The third kappa shape index (κ3) is 5.46. The van der Waals surface area contributed by atoms with Crippen LogP contribution in [0.25, 0.3) is 0 Å². The van der Waals surface area contributed by atoms with Gasteiger partial charge in [-0.3, -0.25) is 4.72 Å². The number of sulfonamides is 1. The molecule has 0 saturated heterocycles. The van der Waals surface area contributed by atoms with Crippen LogP contribution in [0.2, 0.25) is 0 Å². The van der Waals surface area contributed by atoms with Crippen LogP contribution >= 0.6 is 0 Å². The molecule has 0 atom stereocenters. The van der Waals surface area contributed by atoms with Gasteiger partial charge in [-0.25, -0.2) is 17.8 Å². The Morgan fingerprint density at radius 2 is 1.56 bits per heavy atom. The highest BCUT2D eigenvalue weighted by molar-refractivity contribution is 7.92. The molecule has 0 radical (unpaired) electrons. The molecule has 0 bridgehead atoms. The van der Waals surface area contributed by atoms with Gasteiger partial charge in [0.2, 0.25) is 21.7 Å². The predicted octanol–water partition coefficient (Wildman–Crippen LogP) is 3.50. The van der Waals surface area contributed by atoms with E-state index in [1.54, 1.807) is 30.3 Å². The van der Waals surface area contributed by atoms with Crippen LogP contribution in [0.15, 0.2) is 42.6 Å². The molecule has 12 heteroatoms. The number of methoxy groups -OCH3 is 3. The third-order valence-electron chi connectivity index (χ3n) is 4.14. The Labute approximate surface area is 184 Å². The Balaban J connectivity index is 1.91. The number of hydrogen-bond donors (Lipinski definition) is 3. The van der Waals surface area contributed by atoms with Gasteiger partial charge in [-0.2, -0.15) is 4.98 Å². The number of halogens is 1. The maximum atomic E-state index is 14.4. The lowest BCUT2D eigenvalue weighted by Gasteiger charge is -2.15. The first-order valence-electron chi connectivity index (χ1n) is 9.17. The maximum absolute atomic E-state index is 14.4. The molecule has 1 aromatic heterocycles.